The minimum atomic E-state index is -1.18. The summed E-state index contributed by atoms with van der Waals surface area (Å²) >= 11 is 0. The Balaban J connectivity index is 1.78. The lowest BCUT2D eigenvalue weighted by Crippen LogP contribution is -2.47. The standard InChI is InChI=1S/C22H20F2N4O4/c1-2-25-9-11-26(12-10-25)20-19(14-3-5-15(6-4-14)28(31)32)21(29)27(22(20)30)16-7-8-17(23)18(24)13-16/h3-8,13H,2,9-12H2,1H3. The smallest absolute Gasteiger partial charge is 0.282 e. The zero-order chi connectivity index (χ0) is 23.0. The highest BCUT2D eigenvalue weighted by Gasteiger charge is 2.43. The van der Waals surface area contributed by atoms with E-state index in [1.165, 1.54) is 30.3 Å². The van der Waals surface area contributed by atoms with Gasteiger partial charge in [0, 0.05) is 44.4 Å². The van der Waals surface area contributed by atoms with E-state index in [2.05, 4.69) is 4.90 Å². The second kappa shape index (κ2) is 8.46. The molecule has 2 amide bonds. The summed E-state index contributed by atoms with van der Waals surface area (Å²) in [4.78, 5) is 42.0. The molecule has 4 rings (SSSR count). The molecular formula is C22H20F2N4O4. The van der Waals surface area contributed by atoms with E-state index in [0.717, 1.165) is 23.6 Å². The lowest BCUT2D eigenvalue weighted by molar-refractivity contribution is -0.384. The summed E-state index contributed by atoms with van der Waals surface area (Å²) in [5, 5.41) is 11.0. The molecule has 2 aliphatic heterocycles. The molecule has 1 fully saturated rings. The number of halogens is 2. The number of nitro groups is 1. The van der Waals surface area contributed by atoms with Gasteiger partial charge in [0.05, 0.1) is 16.2 Å². The highest BCUT2D eigenvalue weighted by Crippen LogP contribution is 2.36. The molecular weight excluding hydrogens is 422 g/mol. The Morgan fingerprint density at radius 2 is 1.59 bits per heavy atom. The first-order valence-corrected chi connectivity index (χ1v) is 10.1. The van der Waals surface area contributed by atoms with Crippen molar-refractivity contribution in [1.29, 1.82) is 0 Å². The van der Waals surface area contributed by atoms with Crippen LogP contribution < -0.4 is 4.90 Å². The second-order valence-electron chi connectivity index (χ2n) is 7.49. The van der Waals surface area contributed by atoms with Crippen molar-refractivity contribution in [1.82, 2.24) is 9.80 Å². The number of carbonyl (C=O) groups is 2. The lowest BCUT2D eigenvalue weighted by Gasteiger charge is -2.35. The first kappa shape index (κ1) is 21.6. The summed E-state index contributed by atoms with van der Waals surface area (Å²) in [5.41, 5.74) is 0.345. The maximum atomic E-state index is 13.8. The number of piperazine rings is 1. The summed E-state index contributed by atoms with van der Waals surface area (Å²) in [7, 11) is 0. The van der Waals surface area contributed by atoms with Gasteiger partial charge >= 0.3 is 0 Å². The zero-order valence-electron chi connectivity index (χ0n) is 17.3. The molecule has 2 aliphatic rings. The van der Waals surface area contributed by atoms with Gasteiger partial charge in [-0.2, -0.15) is 0 Å². The number of anilines is 1. The monoisotopic (exact) mass is 442 g/mol. The lowest BCUT2D eigenvalue weighted by atomic mass is 10.0. The van der Waals surface area contributed by atoms with Gasteiger partial charge in [0.1, 0.15) is 5.70 Å². The number of benzene rings is 2. The fraction of sp³-hybridized carbons (Fsp3) is 0.273. The summed E-state index contributed by atoms with van der Waals surface area (Å²) in [5.74, 6) is -3.60. The Hall–Kier alpha value is -3.66. The van der Waals surface area contributed by atoms with Gasteiger partial charge in [0.25, 0.3) is 17.5 Å². The summed E-state index contributed by atoms with van der Waals surface area (Å²) in [6, 6.07) is 8.16. The molecule has 32 heavy (non-hydrogen) atoms. The Morgan fingerprint density at radius 3 is 2.16 bits per heavy atom. The zero-order valence-corrected chi connectivity index (χ0v) is 17.3. The van der Waals surface area contributed by atoms with Crippen molar-refractivity contribution in [3.8, 4) is 0 Å². The van der Waals surface area contributed by atoms with Gasteiger partial charge in [-0.25, -0.2) is 13.7 Å². The molecule has 2 heterocycles. The molecule has 166 valence electrons. The molecule has 0 aromatic heterocycles. The molecule has 1 saturated heterocycles. The number of amides is 2. The van der Waals surface area contributed by atoms with Crippen LogP contribution in [0.5, 0.6) is 0 Å². The van der Waals surface area contributed by atoms with Crippen LogP contribution in [0.1, 0.15) is 12.5 Å². The van der Waals surface area contributed by atoms with E-state index in [9.17, 15) is 28.5 Å². The van der Waals surface area contributed by atoms with Gasteiger partial charge in [0.2, 0.25) is 0 Å². The van der Waals surface area contributed by atoms with Crippen molar-refractivity contribution in [2.24, 2.45) is 0 Å². The maximum Gasteiger partial charge on any atom is 0.282 e. The van der Waals surface area contributed by atoms with E-state index in [0.29, 0.717) is 31.7 Å². The molecule has 0 atom stereocenters. The van der Waals surface area contributed by atoms with Gasteiger partial charge in [0.15, 0.2) is 11.6 Å². The predicted octanol–water partition coefficient (Wildman–Crippen LogP) is 2.80. The second-order valence-corrected chi connectivity index (χ2v) is 7.49. The van der Waals surface area contributed by atoms with Crippen molar-refractivity contribution in [3.63, 3.8) is 0 Å². The topological polar surface area (TPSA) is 87.0 Å². The summed E-state index contributed by atoms with van der Waals surface area (Å²) in [6.07, 6.45) is 0. The van der Waals surface area contributed by atoms with Crippen LogP contribution in [-0.4, -0.2) is 59.3 Å². The maximum absolute atomic E-state index is 13.8. The highest BCUT2D eigenvalue weighted by atomic mass is 19.2. The molecule has 0 N–H and O–H groups in total. The van der Waals surface area contributed by atoms with E-state index >= 15 is 0 Å². The van der Waals surface area contributed by atoms with Crippen LogP contribution in [0.25, 0.3) is 5.57 Å². The molecule has 0 spiro atoms. The van der Waals surface area contributed by atoms with Crippen LogP contribution >= 0.6 is 0 Å². The normalized spacial score (nSPS) is 17.5. The van der Waals surface area contributed by atoms with Gasteiger partial charge in [-0.15, -0.1) is 0 Å². The van der Waals surface area contributed by atoms with E-state index in [-0.39, 0.29) is 22.6 Å². The number of hydrogen-bond acceptors (Lipinski definition) is 6. The Kier molecular flexibility index (Phi) is 5.70. The average molecular weight is 442 g/mol. The molecule has 0 radical (unpaired) electrons. The molecule has 0 unspecified atom stereocenters. The van der Waals surface area contributed by atoms with Crippen molar-refractivity contribution in [3.05, 3.63) is 75.5 Å². The number of rotatable bonds is 5. The third-order valence-electron chi connectivity index (χ3n) is 5.72. The van der Waals surface area contributed by atoms with Crippen molar-refractivity contribution in [2.75, 3.05) is 37.6 Å². The molecule has 8 nitrogen and oxygen atoms in total. The van der Waals surface area contributed by atoms with Crippen LogP contribution in [0.3, 0.4) is 0 Å². The van der Waals surface area contributed by atoms with Crippen molar-refractivity contribution >= 4 is 28.8 Å². The van der Waals surface area contributed by atoms with Crippen LogP contribution in [0, 0.1) is 21.7 Å². The first-order chi connectivity index (χ1) is 15.3. The van der Waals surface area contributed by atoms with Gasteiger partial charge in [-0.3, -0.25) is 19.7 Å². The van der Waals surface area contributed by atoms with Gasteiger partial charge in [-0.1, -0.05) is 6.92 Å². The quantitative estimate of drug-likeness (QED) is 0.402. The number of nitro benzene ring substituents is 1. The number of nitrogens with zero attached hydrogens (tertiary/aromatic N) is 4. The van der Waals surface area contributed by atoms with Crippen LogP contribution in [-0.2, 0) is 9.59 Å². The summed E-state index contributed by atoms with van der Waals surface area (Å²) in [6.45, 7) is 5.29. The highest BCUT2D eigenvalue weighted by molar-refractivity contribution is 6.45. The number of non-ortho nitro benzene ring substituents is 1. The Bertz CT molecular complexity index is 1130. The van der Waals surface area contributed by atoms with Crippen molar-refractivity contribution < 1.29 is 23.3 Å². The molecule has 2 aromatic rings. The van der Waals surface area contributed by atoms with Gasteiger partial charge in [-0.05, 0) is 36.4 Å². The predicted molar refractivity (Wildman–Crippen MR) is 113 cm³/mol. The third-order valence-corrected chi connectivity index (χ3v) is 5.72. The van der Waals surface area contributed by atoms with Gasteiger partial charge < -0.3 is 9.80 Å². The number of carbonyl (C=O) groups excluding carboxylic acids is 2. The largest absolute Gasteiger partial charge is 0.364 e. The van der Waals surface area contributed by atoms with E-state index in [4.69, 9.17) is 0 Å². The molecule has 2 aromatic carbocycles. The fourth-order valence-corrected chi connectivity index (χ4v) is 3.97. The van der Waals surface area contributed by atoms with E-state index in [1.54, 1.807) is 0 Å². The number of imide groups is 1. The van der Waals surface area contributed by atoms with Crippen molar-refractivity contribution in [2.45, 2.75) is 6.92 Å². The molecule has 0 saturated carbocycles. The van der Waals surface area contributed by atoms with E-state index < -0.39 is 28.4 Å². The Labute approximate surface area is 182 Å². The minimum absolute atomic E-state index is 0.0829. The van der Waals surface area contributed by atoms with E-state index in [1.807, 2.05) is 11.8 Å². The number of likely N-dealkylation sites (N-methyl/N-ethyl adjacent to an activating group) is 1. The Morgan fingerprint density at radius 1 is 0.938 bits per heavy atom. The molecule has 0 aliphatic carbocycles. The number of hydrogen-bond donors (Lipinski definition) is 0. The van der Waals surface area contributed by atoms with Crippen LogP contribution in [0.4, 0.5) is 20.2 Å². The third kappa shape index (κ3) is 3.73. The van der Waals surface area contributed by atoms with Crippen LogP contribution in [0.2, 0.25) is 0 Å². The molecule has 10 heteroatoms. The van der Waals surface area contributed by atoms with Crippen LogP contribution in [0.15, 0.2) is 48.2 Å². The first-order valence-electron chi connectivity index (χ1n) is 10.1. The fourth-order valence-electron chi connectivity index (χ4n) is 3.97. The summed E-state index contributed by atoms with van der Waals surface area (Å²) < 4.78 is 27.3. The average Bonchev–Trinajstić information content (AvgIpc) is 3.05. The molecule has 0 bridgehead atoms. The SMILES string of the molecule is CCN1CCN(C2=C(c3ccc([N+](=O)[O-])cc3)C(=O)N(c3ccc(F)c(F)c3)C2=O)CC1. The minimum Gasteiger partial charge on any atom is -0.364 e.